The van der Waals surface area contributed by atoms with Crippen molar-refractivity contribution in [2.45, 2.75) is 25.5 Å². The maximum Gasteiger partial charge on any atom is 0.306 e. The standard InChI is InChI=1S/C15H19NO5/c1-10(11-2-3-13-14(6-11)21-9-20-13)16-4-5-19-12(8-16)7-15(17)18/h2-3,6,10,12H,4-5,7-9H2,1H3,(H,17,18). The summed E-state index contributed by atoms with van der Waals surface area (Å²) >= 11 is 0. The number of aliphatic carboxylic acids is 1. The molecule has 1 N–H and O–H groups in total. The highest BCUT2D eigenvalue weighted by Crippen LogP contribution is 2.35. The molecule has 114 valence electrons. The molecule has 1 saturated heterocycles. The molecule has 0 aliphatic carbocycles. The Bertz CT molecular complexity index is 533. The fraction of sp³-hybridized carbons (Fsp3) is 0.533. The van der Waals surface area contributed by atoms with Crippen molar-refractivity contribution in [1.29, 1.82) is 0 Å². The van der Waals surface area contributed by atoms with E-state index >= 15 is 0 Å². The quantitative estimate of drug-likeness (QED) is 0.910. The molecule has 0 aromatic heterocycles. The summed E-state index contributed by atoms with van der Waals surface area (Å²) in [5.41, 5.74) is 1.13. The van der Waals surface area contributed by atoms with Gasteiger partial charge in [0.1, 0.15) is 0 Å². The molecule has 1 aromatic rings. The van der Waals surface area contributed by atoms with E-state index in [1.807, 2.05) is 18.2 Å². The van der Waals surface area contributed by atoms with E-state index in [0.29, 0.717) is 13.2 Å². The molecule has 0 amide bonds. The number of fused-ring (bicyclic) bond motifs is 1. The maximum atomic E-state index is 10.8. The second-order valence-corrected chi connectivity index (χ2v) is 5.37. The van der Waals surface area contributed by atoms with Gasteiger partial charge in [-0.3, -0.25) is 9.69 Å². The van der Waals surface area contributed by atoms with Crippen molar-refractivity contribution in [2.75, 3.05) is 26.5 Å². The molecule has 0 saturated carbocycles. The fourth-order valence-electron chi connectivity index (χ4n) is 2.80. The summed E-state index contributed by atoms with van der Waals surface area (Å²) in [4.78, 5) is 13.1. The van der Waals surface area contributed by atoms with Gasteiger partial charge in [0.25, 0.3) is 0 Å². The lowest BCUT2D eigenvalue weighted by Crippen LogP contribution is -2.44. The van der Waals surface area contributed by atoms with Gasteiger partial charge in [0.05, 0.1) is 19.1 Å². The van der Waals surface area contributed by atoms with Gasteiger partial charge in [0.15, 0.2) is 11.5 Å². The van der Waals surface area contributed by atoms with Crippen molar-refractivity contribution < 1.29 is 24.1 Å². The van der Waals surface area contributed by atoms with Crippen LogP contribution >= 0.6 is 0 Å². The predicted octanol–water partition coefficient (Wildman–Crippen LogP) is 1.65. The largest absolute Gasteiger partial charge is 0.481 e. The lowest BCUT2D eigenvalue weighted by molar-refractivity contribution is -0.142. The monoisotopic (exact) mass is 293 g/mol. The predicted molar refractivity (Wildman–Crippen MR) is 74.5 cm³/mol. The molecule has 2 heterocycles. The van der Waals surface area contributed by atoms with Crippen molar-refractivity contribution in [3.05, 3.63) is 23.8 Å². The maximum absolute atomic E-state index is 10.8. The van der Waals surface area contributed by atoms with Gasteiger partial charge in [-0.2, -0.15) is 0 Å². The third-order valence-corrected chi connectivity index (χ3v) is 4.00. The molecule has 1 aromatic carbocycles. The summed E-state index contributed by atoms with van der Waals surface area (Å²) in [5.74, 6) is 0.726. The summed E-state index contributed by atoms with van der Waals surface area (Å²) in [7, 11) is 0. The van der Waals surface area contributed by atoms with Crippen LogP contribution in [0.1, 0.15) is 24.9 Å². The zero-order valence-corrected chi connectivity index (χ0v) is 11.9. The third kappa shape index (κ3) is 3.11. The summed E-state index contributed by atoms with van der Waals surface area (Å²) in [6.07, 6.45) is -0.197. The van der Waals surface area contributed by atoms with Gasteiger partial charge in [0, 0.05) is 19.1 Å². The summed E-state index contributed by atoms with van der Waals surface area (Å²) in [6, 6.07) is 6.12. The number of rotatable bonds is 4. The summed E-state index contributed by atoms with van der Waals surface area (Å²) in [5, 5.41) is 8.88. The molecular weight excluding hydrogens is 274 g/mol. The van der Waals surface area contributed by atoms with Crippen molar-refractivity contribution >= 4 is 5.97 Å². The lowest BCUT2D eigenvalue weighted by atomic mass is 10.0. The number of nitrogens with zero attached hydrogens (tertiary/aromatic N) is 1. The molecule has 0 bridgehead atoms. The molecule has 0 radical (unpaired) electrons. The smallest absolute Gasteiger partial charge is 0.306 e. The van der Waals surface area contributed by atoms with Gasteiger partial charge < -0.3 is 19.3 Å². The molecule has 2 unspecified atom stereocenters. The van der Waals surface area contributed by atoms with E-state index in [1.54, 1.807) is 0 Å². The summed E-state index contributed by atoms with van der Waals surface area (Å²) in [6.45, 7) is 4.37. The summed E-state index contributed by atoms with van der Waals surface area (Å²) < 4.78 is 16.2. The minimum absolute atomic E-state index is 0.0460. The second kappa shape index (κ2) is 5.91. The van der Waals surface area contributed by atoms with Crippen molar-refractivity contribution in [2.24, 2.45) is 0 Å². The van der Waals surface area contributed by atoms with Gasteiger partial charge in [-0.05, 0) is 24.6 Å². The number of benzene rings is 1. The molecule has 3 rings (SSSR count). The lowest BCUT2D eigenvalue weighted by Gasteiger charge is -2.36. The SMILES string of the molecule is CC(c1ccc2c(c1)OCO2)N1CCOC(CC(=O)O)C1. The molecule has 0 spiro atoms. The van der Waals surface area contributed by atoms with Gasteiger partial charge in [-0.15, -0.1) is 0 Å². The minimum atomic E-state index is -0.822. The Morgan fingerprint density at radius 1 is 1.43 bits per heavy atom. The molecular formula is C15H19NO5. The highest BCUT2D eigenvalue weighted by molar-refractivity contribution is 5.67. The second-order valence-electron chi connectivity index (χ2n) is 5.37. The Hall–Kier alpha value is -1.79. The number of morpholine rings is 1. The van der Waals surface area contributed by atoms with E-state index in [1.165, 1.54) is 0 Å². The topological polar surface area (TPSA) is 68.2 Å². The average Bonchev–Trinajstić information content (AvgIpc) is 2.93. The van der Waals surface area contributed by atoms with Crippen LogP contribution in [0.5, 0.6) is 11.5 Å². The van der Waals surface area contributed by atoms with Crippen molar-refractivity contribution in [3.8, 4) is 11.5 Å². The van der Waals surface area contributed by atoms with Crippen molar-refractivity contribution in [3.63, 3.8) is 0 Å². The number of carboxylic acids is 1. The highest BCUT2D eigenvalue weighted by Gasteiger charge is 2.27. The third-order valence-electron chi connectivity index (χ3n) is 4.00. The fourth-order valence-corrected chi connectivity index (χ4v) is 2.80. The Kier molecular flexibility index (Phi) is 3.98. The van der Waals surface area contributed by atoms with Crippen LogP contribution in [0.2, 0.25) is 0 Å². The Labute approximate surface area is 123 Å². The first-order valence-corrected chi connectivity index (χ1v) is 7.10. The van der Waals surface area contributed by atoms with Crippen molar-refractivity contribution in [1.82, 2.24) is 4.90 Å². The molecule has 2 atom stereocenters. The molecule has 21 heavy (non-hydrogen) atoms. The Morgan fingerprint density at radius 2 is 2.24 bits per heavy atom. The van der Waals surface area contributed by atoms with Gasteiger partial charge in [-0.1, -0.05) is 6.07 Å². The van der Waals surface area contributed by atoms with Gasteiger partial charge in [0.2, 0.25) is 6.79 Å². The normalized spacial score (nSPS) is 23.0. The number of ether oxygens (including phenoxy) is 3. The van der Waals surface area contributed by atoms with Crippen LogP contribution < -0.4 is 9.47 Å². The first kappa shape index (κ1) is 14.2. The van der Waals surface area contributed by atoms with Crippen LogP contribution in [0.25, 0.3) is 0 Å². The van der Waals surface area contributed by atoms with E-state index in [2.05, 4.69) is 11.8 Å². The van der Waals surface area contributed by atoms with Crippen LogP contribution in [-0.4, -0.2) is 48.6 Å². The van der Waals surface area contributed by atoms with E-state index < -0.39 is 5.97 Å². The first-order valence-electron chi connectivity index (χ1n) is 7.10. The van der Waals surface area contributed by atoms with Crippen LogP contribution in [0.4, 0.5) is 0 Å². The van der Waals surface area contributed by atoms with Crippen LogP contribution in [0.3, 0.4) is 0 Å². The number of hydrogen-bond donors (Lipinski definition) is 1. The van der Waals surface area contributed by atoms with E-state index in [-0.39, 0.29) is 25.4 Å². The zero-order valence-electron chi connectivity index (χ0n) is 11.9. The van der Waals surface area contributed by atoms with Gasteiger partial charge >= 0.3 is 5.97 Å². The zero-order chi connectivity index (χ0) is 14.8. The van der Waals surface area contributed by atoms with E-state index in [4.69, 9.17) is 19.3 Å². The molecule has 1 fully saturated rings. The number of carbonyl (C=O) groups is 1. The minimum Gasteiger partial charge on any atom is -0.481 e. The van der Waals surface area contributed by atoms with E-state index in [9.17, 15) is 4.79 Å². The van der Waals surface area contributed by atoms with Crippen LogP contribution in [0.15, 0.2) is 18.2 Å². The number of hydrogen-bond acceptors (Lipinski definition) is 5. The van der Waals surface area contributed by atoms with E-state index in [0.717, 1.165) is 23.6 Å². The highest BCUT2D eigenvalue weighted by atomic mass is 16.7. The molecule has 2 aliphatic heterocycles. The molecule has 6 nitrogen and oxygen atoms in total. The molecule has 6 heteroatoms. The Morgan fingerprint density at radius 3 is 3.05 bits per heavy atom. The average molecular weight is 293 g/mol. The van der Waals surface area contributed by atoms with Crippen LogP contribution in [-0.2, 0) is 9.53 Å². The molecule has 2 aliphatic rings. The number of carboxylic acid groups (broad SMARTS) is 1. The Balaban J connectivity index is 1.69. The first-order chi connectivity index (χ1) is 10.1. The van der Waals surface area contributed by atoms with Gasteiger partial charge in [-0.25, -0.2) is 0 Å². The van der Waals surface area contributed by atoms with Crippen LogP contribution in [0, 0.1) is 0 Å².